The van der Waals surface area contributed by atoms with E-state index in [1.165, 1.54) is 0 Å². The van der Waals surface area contributed by atoms with E-state index < -0.39 is 0 Å². The Kier molecular flexibility index (Phi) is 4.19. The van der Waals surface area contributed by atoms with Gasteiger partial charge in [0.05, 0.1) is 24.1 Å². The van der Waals surface area contributed by atoms with Crippen LogP contribution in [-0.2, 0) is 0 Å². The second-order valence-corrected chi connectivity index (χ2v) is 3.15. The molecule has 0 aliphatic heterocycles. The summed E-state index contributed by atoms with van der Waals surface area (Å²) in [4.78, 5) is 0. The molecule has 0 radical (unpaired) electrons. The minimum Gasteiger partial charge on any atom is -0.489 e. The molecule has 1 aromatic rings. The quantitative estimate of drug-likeness (QED) is 0.750. The van der Waals surface area contributed by atoms with Gasteiger partial charge in [-0.15, -0.1) is 0 Å². The first-order valence-electron chi connectivity index (χ1n) is 4.84. The van der Waals surface area contributed by atoms with Crippen molar-refractivity contribution in [2.45, 2.75) is 25.9 Å². The third-order valence-corrected chi connectivity index (χ3v) is 2.06. The van der Waals surface area contributed by atoms with Crippen molar-refractivity contribution in [3.8, 4) is 17.9 Å². The summed E-state index contributed by atoms with van der Waals surface area (Å²) in [5, 5.41) is 17.2. The molecule has 0 aliphatic carbocycles. The molecule has 76 valence electrons. The van der Waals surface area contributed by atoms with Gasteiger partial charge in [-0.05, 0) is 30.7 Å². The van der Waals surface area contributed by atoms with E-state index in [1.807, 2.05) is 13.0 Å². The van der Waals surface area contributed by atoms with E-state index >= 15 is 0 Å². The highest BCUT2D eigenvalue weighted by Crippen LogP contribution is 2.15. The molecule has 3 nitrogen and oxygen atoms in total. The fraction of sp³-hybridized carbons (Fsp3) is 0.333. The normalized spacial score (nSPS) is 11.1. The fourth-order valence-electron chi connectivity index (χ4n) is 1.17. The van der Waals surface area contributed by atoms with Gasteiger partial charge in [0.15, 0.2) is 0 Å². The van der Waals surface area contributed by atoms with Crippen LogP contribution >= 0.6 is 0 Å². The van der Waals surface area contributed by atoms with Gasteiger partial charge < -0.3 is 4.74 Å². The second-order valence-electron chi connectivity index (χ2n) is 3.15. The van der Waals surface area contributed by atoms with Crippen LogP contribution in [0, 0.1) is 22.7 Å². The Morgan fingerprint density at radius 2 is 1.93 bits per heavy atom. The summed E-state index contributed by atoms with van der Waals surface area (Å²) in [6.07, 6.45) is 1.12. The predicted molar refractivity (Wildman–Crippen MR) is 56.1 cm³/mol. The molecule has 0 saturated carbocycles. The highest BCUT2D eigenvalue weighted by atomic mass is 16.5. The summed E-state index contributed by atoms with van der Waals surface area (Å²) >= 11 is 0. The van der Waals surface area contributed by atoms with Crippen molar-refractivity contribution in [1.29, 1.82) is 10.5 Å². The van der Waals surface area contributed by atoms with Gasteiger partial charge in [0.1, 0.15) is 11.9 Å². The maximum absolute atomic E-state index is 8.61. The Morgan fingerprint density at radius 1 is 1.27 bits per heavy atom. The average Bonchev–Trinajstić information content (AvgIpc) is 2.29. The number of hydrogen-bond donors (Lipinski definition) is 0. The van der Waals surface area contributed by atoms with E-state index in [0.717, 1.165) is 6.42 Å². The molecule has 0 N–H and O–H groups in total. The van der Waals surface area contributed by atoms with Crippen molar-refractivity contribution < 1.29 is 4.74 Å². The van der Waals surface area contributed by atoms with Crippen LogP contribution in [0.1, 0.15) is 25.3 Å². The summed E-state index contributed by atoms with van der Waals surface area (Å²) in [6.45, 7) is 1.98. The largest absolute Gasteiger partial charge is 0.489 e. The van der Waals surface area contributed by atoms with Gasteiger partial charge in [0, 0.05) is 0 Å². The third kappa shape index (κ3) is 3.32. The van der Waals surface area contributed by atoms with Gasteiger partial charge in [-0.25, -0.2) is 0 Å². The van der Waals surface area contributed by atoms with Crippen LogP contribution < -0.4 is 4.74 Å². The van der Waals surface area contributed by atoms with Crippen LogP contribution in [0.2, 0.25) is 0 Å². The third-order valence-electron chi connectivity index (χ3n) is 2.06. The van der Waals surface area contributed by atoms with Crippen LogP contribution in [0.3, 0.4) is 0 Å². The zero-order chi connectivity index (χ0) is 11.1. The van der Waals surface area contributed by atoms with E-state index in [-0.39, 0.29) is 6.10 Å². The molecule has 0 spiro atoms. The zero-order valence-electron chi connectivity index (χ0n) is 8.60. The summed E-state index contributed by atoms with van der Waals surface area (Å²) in [6, 6.07) is 11.0. The van der Waals surface area contributed by atoms with Crippen LogP contribution in [0.5, 0.6) is 5.75 Å². The van der Waals surface area contributed by atoms with Crippen LogP contribution in [0.25, 0.3) is 0 Å². The fourth-order valence-corrected chi connectivity index (χ4v) is 1.17. The Hall–Kier alpha value is -2.00. The van der Waals surface area contributed by atoms with Crippen LogP contribution in [-0.4, -0.2) is 6.10 Å². The highest BCUT2D eigenvalue weighted by Gasteiger charge is 2.06. The minimum absolute atomic E-state index is 0.0667. The Bertz CT molecular complexity index is 384. The number of hydrogen-bond acceptors (Lipinski definition) is 3. The van der Waals surface area contributed by atoms with Crippen molar-refractivity contribution >= 4 is 0 Å². The predicted octanol–water partition coefficient (Wildman–Crippen LogP) is 2.63. The lowest BCUT2D eigenvalue weighted by molar-refractivity contribution is 0.202. The maximum Gasteiger partial charge on any atom is 0.119 e. The van der Waals surface area contributed by atoms with E-state index in [1.54, 1.807) is 24.3 Å². The van der Waals surface area contributed by atoms with Gasteiger partial charge in [0.2, 0.25) is 0 Å². The molecule has 0 bridgehead atoms. The van der Waals surface area contributed by atoms with Gasteiger partial charge in [-0.1, -0.05) is 6.92 Å². The molecule has 1 aromatic carbocycles. The second kappa shape index (κ2) is 5.67. The smallest absolute Gasteiger partial charge is 0.119 e. The summed E-state index contributed by atoms with van der Waals surface area (Å²) < 4.78 is 5.57. The standard InChI is InChI=1S/C12H12N2O/c1-2-11(7-8-13)15-12-5-3-10(9-14)4-6-12/h3-6,11H,2,7H2,1H3. The lowest BCUT2D eigenvalue weighted by Crippen LogP contribution is -2.14. The van der Waals surface area contributed by atoms with Gasteiger partial charge in [0.25, 0.3) is 0 Å². The molecule has 0 amide bonds. The monoisotopic (exact) mass is 200 g/mol. The van der Waals surface area contributed by atoms with E-state index in [0.29, 0.717) is 17.7 Å². The highest BCUT2D eigenvalue weighted by molar-refractivity contribution is 5.34. The Morgan fingerprint density at radius 3 is 2.40 bits per heavy atom. The topological polar surface area (TPSA) is 56.8 Å². The van der Waals surface area contributed by atoms with Gasteiger partial charge in [-0.3, -0.25) is 0 Å². The van der Waals surface area contributed by atoms with E-state index in [4.69, 9.17) is 15.3 Å². The van der Waals surface area contributed by atoms with E-state index in [2.05, 4.69) is 6.07 Å². The summed E-state index contributed by atoms with van der Waals surface area (Å²) in [5.74, 6) is 0.705. The SMILES string of the molecule is CCC(CC#N)Oc1ccc(C#N)cc1. The molecule has 1 rings (SSSR count). The van der Waals surface area contributed by atoms with Crippen LogP contribution in [0.4, 0.5) is 0 Å². The van der Waals surface area contributed by atoms with Crippen molar-refractivity contribution in [2.24, 2.45) is 0 Å². The van der Waals surface area contributed by atoms with Crippen molar-refractivity contribution in [1.82, 2.24) is 0 Å². The number of benzene rings is 1. The number of ether oxygens (including phenoxy) is 1. The molecule has 3 heteroatoms. The summed E-state index contributed by atoms with van der Waals surface area (Å²) in [7, 11) is 0. The minimum atomic E-state index is -0.0667. The molecule has 15 heavy (non-hydrogen) atoms. The summed E-state index contributed by atoms with van der Waals surface area (Å²) in [5.41, 5.74) is 0.607. The average molecular weight is 200 g/mol. The Labute approximate surface area is 89.5 Å². The Balaban J connectivity index is 2.64. The van der Waals surface area contributed by atoms with Crippen molar-refractivity contribution in [3.63, 3.8) is 0 Å². The zero-order valence-corrected chi connectivity index (χ0v) is 8.60. The van der Waals surface area contributed by atoms with Gasteiger partial charge in [-0.2, -0.15) is 10.5 Å². The molecule has 0 aliphatic rings. The van der Waals surface area contributed by atoms with Crippen molar-refractivity contribution in [3.05, 3.63) is 29.8 Å². The first kappa shape index (κ1) is 11.1. The molecular weight excluding hydrogens is 188 g/mol. The number of nitrogens with zero attached hydrogens (tertiary/aromatic N) is 2. The molecule has 0 fully saturated rings. The van der Waals surface area contributed by atoms with Gasteiger partial charge >= 0.3 is 0 Å². The first-order chi connectivity index (χ1) is 7.30. The molecule has 1 atom stereocenters. The van der Waals surface area contributed by atoms with E-state index in [9.17, 15) is 0 Å². The number of rotatable bonds is 4. The van der Waals surface area contributed by atoms with Crippen molar-refractivity contribution in [2.75, 3.05) is 0 Å². The number of nitriles is 2. The molecule has 0 aromatic heterocycles. The molecular formula is C12H12N2O. The molecule has 1 unspecified atom stereocenters. The maximum atomic E-state index is 8.61. The van der Waals surface area contributed by atoms with Crippen LogP contribution in [0.15, 0.2) is 24.3 Å². The molecule has 0 heterocycles. The first-order valence-corrected chi connectivity index (χ1v) is 4.84. The lowest BCUT2D eigenvalue weighted by Gasteiger charge is -2.14. The molecule has 0 saturated heterocycles. The lowest BCUT2D eigenvalue weighted by atomic mass is 10.2.